The van der Waals surface area contributed by atoms with Crippen LogP contribution in [0.4, 0.5) is 5.69 Å². The Morgan fingerprint density at radius 2 is 1.70 bits per heavy atom. The molecule has 0 aliphatic carbocycles. The number of ether oxygens (including phenoxy) is 1. The second-order valence-electron chi connectivity index (χ2n) is 6.03. The van der Waals surface area contributed by atoms with Crippen molar-refractivity contribution in [3.05, 3.63) is 52.0 Å². The highest BCUT2D eigenvalue weighted by atomic mass is 79.9. The normalized spacial score (nSPS) is 11.4. The van der Waals surface area contributed by atoms with E-state index in [1.165, 1.54) is 11.1 Å². The average Bonchev–Trinajstić information content (AvgIpc) is 2.34. The number of hydrogen-bond donors (Lipinski definition) is 1. The van der Waals surface area contributed by atoms with Crippen molar-refractivity contribution in [2.75, 3.05) is 5.73 Å². The minimum absolute atomic E-state index is 0.0160. The molecule has 0 saturated heterocycles. The van der Waals surface area contributed by atoms with Crippen LogP contribution in [-0.2, 0) is 5.41 Å². The minimum atomic E-state index is 0.0160. The fourth-order valence-corrected chi connectivity index (χ4v) is 2.37. The standard InChI is InChI=1S/C17H20BrNO/c1-11-5-8-15(13(9-11)17(2,3)4)20-16-10-12(18)6-7-14(16)19/h5-10H,19H2,1-4H3. The predicted octanol–water partition coefficient (Wildman–Crippen LogP) is 5.43. The number of hydrogen-bond acceptors (Lipinski definition) is 2. The van der Waals surface area contributed by atoms with Crippen molar-refractivity contribution < 1.29 is 4.74 Å². The van der Waals surface area contributed by atoms with Crippen LogP contribution in [0.15, 0.2) is 40.9 Å². The lowest BCUT2D eigenvalue weighted by Crippen LogP contribution is -2.13. The van der Waals surface area contributed by atoms with Crippen molar-refractivity contribution in [3.63, 3.8) is 0 Å². The molecule has 0 heterocycles. The van der Waals surface area contributed by atoms with Crippen LogP contribution in [0.25, 0.3) is 0 Å². The smallest absolute Gasteiger partial charge is 0.151 e. The van der Waals surface area contributed by atoms with Crippen LogP contribution in [-0.4, -0.2) is 0 Å². The lowest BCUT2D eigenvalue weighted by molar-refractivity contribution is 0.456. The number of nitrogen functional groups attached to an aromatic ring is 1. The largest absolute Gasteiger partial charge is 0.455 e. The summed E-state index contributed by atoms with van der Waals surface area (Å²) in [6.07, 6.45) is 0. The second kappa shape index (κ2) is 5.49. The van der Waals surface area contributed by atoms with Gasteiger partial charge in [-0.05, 0) is 36.6 Å². The summed E-state index contributed by atoms with van der Waals surface area (Å²) in [4.78, 5) is 0. The van der Waals surface area contributed by atoms with E-state index in [9.17, 15) is 0 Å². The predicted molar refractivity (Wildman–Crippen MR) is 88.5 cm³/mol. The van der Waals surface area contributed by atoms with Crippen LogP contribution in [0.2, 0.25) is 0 Å². The molecule has 2 aromatic carbocycles. The molecule has 0 radical (unpaired) electrons. The van der Waals surface area contributed by atoms with Gasteiger partial charge in [0.2, 0.25) is 0 Å². The molecular formula is C17H20BrNO. The molecule has 2 nitrogen and oxygen atoms in total. The van der Waals surface area contributed by atoms with Gasteiger partial charge in [-0.15, -0.1) is 0 Å². The zero-order valence-corrected chi connectivity index (χ0v) is 13.9. The van der Waals surface area contributed by atoms with Crippen LogP contribution in [0.3, 0.4) is 0 Å². The second-order valence-corrected chi connectivity index (χ2v) is 6.95. The van der Waals surface area contributed by atoms with Gasteiger partial charge in [0.15, 0.2) is 5.75 Å². The molecule has 106 valence electrons. The van der Waals surface area contributed by atoms with Crippen molar-refractivity contribution in [1.82, 2.24) is 0 Å². The summed E-state index contributed by atoms with van der Waals surface area (Å²) >= 11 is 3.44. The third-order valence-electron chi connectivity index (χ3n) is 3.14. The van der Waals surface area contributed by atoms with Gasteiger partial charge in [-0.3, -0.25) is 0 Å². The van der Waals surface area contributed by atoms with E-state index in [2.05, 4.69) is 55.8 Å². The summed E-state index contributed by atoms with van der Waals surface area (Å²) in [5.74, 6) is 1.53. The van der Waals surface area contributed by atoms with Crippen LogP contribution in [0, 0.1) is 6.92 Å². The Kier molecular flexibility index (Phi) is 4.09. The third-order valence-corrected chi connectivity index (χ3v) is 3.63. The SMILES string of the molecule is Cc1ccc(Oc2cc(Br)ccc2N)c(C(C)(C)C)c1. The van der Waals surface area contributed by atoms with Gasteiger partial charge in [0, 0.05) is 10.0 Å². The molecule has 2 rings (SSSR count). The van der Waals surface area contributed by atoms with E-state index in [0.717, 1.165) is 10.2 Å². The van der Waals surface area contributed by atoms with Crippen LogP contribution < -0.4 is 10.5 Å². The summed E-state index contributed by atoms with van der Waals surface area (Å²) in [6.45, 7) is 8.63. The highest BCUT2D eigenvalue weighted by molar-refractivity contribution is 9.10. The Morgan fingerprint density at radius 1 is 1.00 bits per heavy atom. The van der Waals surface area contributed by atoms with E-state index in [1.54, 1.807) is 0 Å². The van der Waals surface area contributed by atoms with E-state index >= 15 is 0 Å². The molecule has 0 fully saturated rings. The summed E-state index contributed by atoms with van der Waals surface area (Å²) in [6, 6.07) is 11.9. The summed E-state index contributed by atoms with van der Waals surface area (Å²) in [5.41, 5.74) is 9.03. The van der Waals surface area contributed by atoms with E-state index in [-0.39, 0.29) is 5.41 Å². The number of benzene rings is 2. The highest BCUT2D eigenvalue weighted by Crippen LogP contribution is 2.37. The monoisotopic (exact) mass is 333 g/mol. The Bertz CT molecular complexity index is 629. The number of rotatable bonds is 2. The molecule has 0 aromatic heterocycles. The van der Waals surface area contributed by atoms with Gasteiger partial charge < -0.3 is 10.5 Å². The molecule has 2 N–H and O–H groups in total. The van der Waals surface area contributed by atoms with Gasteiger partial charge in [-0.1, -0.05) is 54.4 Å². The van der Waals surface area contributed by atoms with E-state index in [1.807, 2.05) is 24.3 Å². The first-order valence-corrected chi connectivity index (χ1v) is 7.40. The fourth-order valence-electron chi connectivity index (χ4n) is 2.03. The minimum Gasteiger partial charge on any atom is -0.455 e. The first kappa shape index (κ1) is 14.9. The Labute approximate surface area is 129 Å². The van der Waals surface area contributed by atoms with E-state index < -0.39 is 0 Å². The molecule has 0 unspecified atom stereocenters. The number of aryl methyl sites for hydroxylation is 1. The van der Waals surface area contributed by atoms with E-state index in [0.29, 0.717) is 11.4 Å². The molecule has 0 spiro atoms. The van der Waals surface area contributed by atoms with Crippen LogP contribution in [0.1, 0.15) is 31.9 Å². The molecule has 2 aromatic rings. The van der Waals surface area contributed by atoms with Gasteiger partial charge in [-0.2, -0.15) is 0 Å². The fraction of sp³-hybridized carbons (Fsp3) is 0.294. The quantitative estimate of drug-likeness (QED) is 0.743. The van der Waals surface area contributed by atoms with E-state index in [4.69, 9.17) is 10.5 Å². The molecule has 0 atom stereocenters. The lowest BCUT2D eigenvalue weighted by atomic mass is 9.85. The van der Waals surface area contributed by atoms with Gasteiger partial charge in [0.05, 0.1) is 5.69 Å². The number of halogens is 1. The molecule has 0 saturated carbocycles. The number of nitrogens with two attached hydrogens (primary N) is 1. The molecule has 0 aliphatic rings. The Morgan fingerprint density at radius 3 is 2.35 bits per heavy atom. The maximum Gasteiger partial charge on any atom is 0.151 e. The van der Waals surface area contributed by atoms with Gasteiger partial charge in [-0.25, -0.2) is 0 Å². The third kappa shape index (κ3) is 3.34. The van der Waals surface area contributed by atoms with Crippen molar-refractivity contribution in [1.29, 1.82) is 0 Å². The number of anilines is 1. The zero-order valence-electron chi connectivity index (χ0n) is 12.3. The van der Waals surface area contributed by atoms with Gasteiger partial charge >= 0.3 is 0 Å². The first-order chi connectivity index (χ1) is 9.27. The Balaban J connectivity index is 2.46. The molecule has 3 heteroatoms. The van der Waals surface area contributed by atoms with Crippen molar-refractivity contribution in [3.8, 4) is 11.5 Å². The molecule has 0 amide bonds. The summed E-state index contributed by atoms with van der Waals surface area (Å²) in [7, 11) is 0. The highest BCUT2D eigenvalue weighted by Gasteiger charge is 2.20. The van der Waals surface area contributed by atoms with Crippen molar-refractivity contribution in [2.45, 2.75) is 33.1 Å². The zero-order chi connectivity index (χ0) is 14.9. The van der Waals surface area contributed by atoms with Crippen molar-refractivity contribution in [2.24, 2.45) is 0 Å². The van der Waals surface area contributed by atoms with Crippen LogP contribution in [0.5, 0.6) is 11.5 Å². The molecule has 20 heavy (non-hydrogen) atoms. The summed E-state index contributed by atoms with van der Waals surface area (Å²) in [5, 5.41) is 0. The topological polar surface area (TPSA) is 35.2 Å². The maximum absolute atomic E-state index is 6.05. The first-order valence-electron chi connectivity index (χ1n) is 6.61. The molecular weight excluding hydrogens is 314 g/mol. The lowest BCUT2D eigenvalue weighted by Gasteiger charge is -2.23. The van der Waals surface area contributed by atoms with Crippen LogP contribution >= 0.6 is 15.9 Å². The molecule has 0 aliphatic heterocycles. The van der Waals surface area contributed by atoms with Crippen molar-refractivity contribution >= 4 is 21.6 Å². The Hall–Kier alpha value is -1.48. The average molecular weight is 334 g/mol. The van der Waals surface area contributed by atoms with Gasteiger partial charge in [0.1, 0.15) is 5.75 Å². The van der Waals surface area contributed by atoms with Gasteiger partial charge in [0.25, 0.3) is 0 Å². The molecule has 0 bridgehead atoms. The summed E-state index contributed by atoms with van der Waals surface area (Å²) < 4.78 is 7.00. The maximum atomic E-state index is 6.05.